The van der Waals surface area contributed by atoms with Crippen LogP contribution in [-0.2, 0) is 0 Å². The number of aromatic hydroxyl groups is 1. The van der Waals surface area contributed by atoms with E-state index in [0.717, 1.165) is 12.2 Å². The highest BCUT2D eigenvalue weighted by atomic mass is 16.5. The fourth-order valence-electron chi connectivity index (χ4n) is 1.57. The van der Waals surface area contributed by atoms with Gasteiger partial charge < -0.3 is 15.1 Å². The van der Waals surface area contributed by atoms with Crippen LogP contribution in [-0.4, -0.2) is 16.6 Å². The zero-order valence-corrected chi connectivity index (χ0v) is 11.2. The van der Waals surface area contributed by atoms with Gasteiger partial charge >= 0.3 is 0 Å². The van der Waals surface area contributed by atoms with Gasteiger partial charge in [0.05, 0.1) is 6.61 Å². The van der Waals surface area contributed by atoms with Crippen LogP contribution in [0.15, 0.2) is 53.6 Å². The van der Waals surface area contributed by atoms with Crippen LogP contribution in [0.2, 0.25) is 0 Å². The molecule has 0 radical (unpaired) electrons. The maximum atomic E-state index is 11.8. The van der Waals surface area contributed by atoms with Crippen molar-refractivity contribution in [3.8, 4) is 11.5 Å². The number of rotatable bonds is 5. The predicted octanol–water partition coefficient (Wildman–Crippen LogP) is 4.11. The first-order chi connectivity index (χ1) is 9.69. The summed E-state index contributed by atoms with van der Waals surface area (Å²) in [7, 11) is 0. The zero-order valence-electron chi connectivity index (χ0n) is 11.2. The van der Waals surface area contributed by atoms with Crippen molar-refractivity contribution in [2.24, 2.45) is 5.11 Å². The largest absolute Gasteiger partial charge is 0.594 e. The Labute approximate surface area is 117 Å². The van der Waals surface area contributed by atoms with E-state index in [1.54, 1.807) is 24.3 Å². The molecule has 0 aliphatic carbocycles. The molecule has 5 heteroatoms. The van der Waals surface area contributed by atoms with Gasteiger partial charge in [0.2, 0.25) is 5.69 Å². The second-order valence-corrected chi connectivity index (χ2v) is 4.23. The van der Waals surface area contributed by atoms with Crippen LogP contribution in [0.1, 0.15) is 13.3 Å². The van der Waals surface area contributed by atoms with Crippen molar-refractivity contribution in [1.29, 1.82) is 0 Å². The Bertz CT molecular complexity index is 577. The monoisotopic (exact) mass is 272 g/mol. The highest BCUT2D eigenvalue weighted by molar-refractivity contribution is 5.41. The van der Waals surface area contributed by atoms with E-state index in [9.17, 15) is 5.21 Å². The molecule has 2 aromatic rings. The van der Waals surface area contributed by atoms with Crippen LogP contribution in [0, 0.1) is 5.21 Å². The molecular formula is C15H16N2O3. The van der Waals surface area contributed by atoms with Crippen molar-refractivity contribution in [1.82, 2.24) is 0 Å². The summed E-state index contributed by atoms with van der Waals surface area (Å²) >= 11 is 0. The summed E-state index contributed by atoms with van der Waals surface area (Å²) in [6, 6.07) is 12.9. The predicted molar refractivity (Wildman–Crippen MR) is 75.7 cm³/mol. The zero-order chi connectivity index (χ0) is 14.4. The number of nitrogens with zero attached hydrogens (tertiary/aromatic N) is 2. The van der Waals surface area contributed by atoms with E-state index in [4.69, 9.17) is 9.84 Å². The van der Waals surface area contributed by atoms with E-state index < -0.39 is 0 Å². The fourth-order valence-corrected chi connectivity index (χ4v) is 1.57. The summed E-state index contributed by atoms with van der Waals surface area (Å²) in [6.45, 7) is 2.70. The van der Waals surface area contributed by atoms with Crippen LogP contribution in [0.25, 0.3) is 0 Å². The molecule has 0 aromatic heterocycles. The van der Waals surface area contributed by atoms with E-state index in [1.807, 2.05) is 6.92 Å². The number of benzene rings is 2. The molecule has 20 heavy (non-hydrogen) atoms. The van der Waals surface area contributed by atoms with Gasteiger partial charge in [0, 0.05) is 17.2 Å². The highest BCUT2D eigenvalue weighted by Gasteiger charge is 2.04. The van der Waals surface area contributed by atoms with Crippen molar-refractivity contribution in [3.05, 3.63) is 53.7 Å². The highest BCUT2D eigenvalue weighted by Crippen LogP contribution is 2.22. The summed E-state index contributed by atoms with van der Waals surface area (Å²) in [4.78, 5) is 0.515. The maximum absolute atomic E-state index is 11.8. The van der Waals surface area contributed by atoms with Crippen LogP contribution in [0.5, 0.6) is 11.5 Å². The van der Waals surface area contributed by atoms with E-state index in [1.165, 1.54) is 24.3 Å². The molecule has 0 spiro atoms. The molecule has 0 heterocycles. The molecule has 0 aliphatic rings. The lowest BCUT2D eigenvalue weighted by molar-refractivity contribution is -0.435. The van der Waals surface area contributed by atoms with Crippen LogP contribution < -0.4 is 4.74 Å². The second kappa shape index (κ2) is 6.56. The molecule has 104 valence electrons. The van der Waals surface area contributed by atoms with Crippen molar-refractivity contribution in [2.75, 3.05) is 6.61 Å². The van der Waals surface area contributed by atoms with Gasteiger partial charge in [-0.3, -0.25) is 0 Å². The van der Waals surface area contributed by atoms with Gasteiger partial charge in [-0.15, -0.1) is 0 Å². The van der Waals surface area contributed by atoms with Gasteiger partial charge in [0.15, 0.2) is 0 Å². The Morgan fingerprint density at radius 2 is 1.75 bits per heavy atom. The first-order valence-electron chi connectivity index (χ1n) is 6.40. The fraction of sp³-hybridized carbons (Fsp3) is 0.200. The van der Waals surface area contributed by atoms with Gasteiger partial charge in [0.25, 0.3) is 0 Å². The van der Waals surface area contributed by atoms with Crippen LogP contribution in [0.3, 0.4) is 0 Å². The van der Waals surface area contributed by atoms with Gasteiger partial charge in [-0.2, -0.15) is 0 Å². The standard InChI is InChI=1S/C15H16N2O3/c1-2-11-20-15-9-3-12(4-10-15)16-17(19)13-5-7-14(18)8-6-13/h3-10,18H,2,11H2,1H3. The number of hydrogen-bond acceptors (Lipinski definition) is 4. The lowest BCUT2D eigenvalue weighted by Crippen LogP contribution is -1.94. The third-order valence-electron chi connectivity index (χ3n) is 2.59. The lowest BCUT2D eigenvalue weighted by Gasteiger charge is -2.04. The molecule has 1 N–H and O–H groups in total. The van der Waals surface area contributed by atoms with E-state index in [0.29, 0.717) is 22.8 Å². The van der Waals surface area contributed by atoms with E-state index >= 15 is 0 Å². The summed E-state index contributed by atoms with van der Waals surface area (Å²) in [5.41, 5.74) is 0.894. The molecular weight excluding hydrogens is 256 g/mol. The van der Waals surface area contributed by atoms with Gasteiger partial charge in [-0.25, -0.2) is 0 Å². The van der Waals surface area contributed by atoms with Gasteiger partial charge in [-0.05, 0) is 42.8 Å². The number of ether oxygens (including phenoxy) is 1. The Morgan fingerprint density at radius 1 is 1.10 bits per heavy atom. The smallest absolute Gasteiger partial charge is 0.245 e. The Hall–Kier alpha value is -2.56. The molecule has 2 rings (SSSR count). The molecule has 0 saturated carbocycles. The van der Waals surface area contributed by atoms with Crippen molar-refractivity contribution >= 4 is 11.4 Å². The molecule has 0 bridgehead atoms. The Kier molecular flexibility index (Phi) is 4.55. The maximum Gasteiger partial charge on any atom is 0.245 e. The normalized spacial score (nSPS) is 11.3. The molecule has 0 amide bonds. The minimum Gasteiger partial charge on any atom is -0.594 e. The van der Waals surface area contributed by atoms with Crippen molar-refractivity contribution in [3.63, 3.8) is 0 Å². The minimum absolute atomic E-state index is 0.111. The average Bonchev–Trinajstić information content (AvgIpc) is 2.47. The SMILES string of the molecule is CCCOc1ccc(N=[N+]([O-])c2ccc(O)cc2)cc1. The Morgan fingerprint density at radius 3 is 2.35 bits per heavy atom. The van der Waals surface area contributed by atoms with Crippen LogP contribution in [0.4, 0.5) is 11.4 Å². The van der Waals surface area contributed by atoms with Crippen LogP contribution >= 0.6 is 0 Å². The molecule has 0 atom stereocenters. The molecule has 0 aliphatic heterocycles. The quantitative estimate of drug-likeness (QED) is 0.506. The molecule has 2 aromatic carbocycles. The molecule has 0 unspecified atom stereocenters. The molecule has 0 fully saturated rings. The number of hydrogen-bond donors (Lipinski definition) is 1. The van der Waals surface area contributed by atoms with Crippen molar-refractivity contribution < 1.29 is 14.7 Å². The third-order valence-corrected chi connectivity index (χ3v) is 2.59. The summed E-state index contributed by atoms with van der Waals surface area (Å²) < 4.78 is 5.45. The first-order valence-corrected chi connectivity index (χ1v) is 6.40. The lowest BCUT2D eigenvalue weighted by atomic mass is 10.3. The third kappa shape index (κ3) is 3.71. The first kappa shape index (κ1) is 13.9. The average molecular weight is 272 g/mol. The second-order valence-electron chi connectivity index (χ2n) is 4.23. The Balaban J connectivity index is 2.11. The van der Waals surface area contributed by atoms with Crippen molar-refractivity contribution in [2.45, 2.75) is 13.3 Å². The number of phenols is 1. The van der Waals surface area contributed by atoms with Gasteiger partial charge in [0.1, 0.15) is 17.2 Å². The summed E-state index contributed by atoms with van der Waals surface area (Å²) in [6.07, 6.45) is 0.946. The van der Waals surface area contributed by atoms with E-state index in [2.05, 4.69) is 5.11 Å². The minimum atomic E-state index is 0.111. The number of azo groups is 1. The topological polar surface area (TPSA) is 67.9 Å². The summed E-state index contributed by atoms with van der Waals surface area (Å²) in [5.74, 6) is 0.868. The summed E-state index contributed by atoms with van der Waals surface area (Å²) in [5, 5.41) is 24.9. The molecule has 5 nitrogen and oxygen atoms in total. The molecule has 0 saturated heterocycles. The van der Waals surface area contributed by atoms with E-state index in [-0.39, 0.29) is 5.75 Å². The van der Waals surface area contributed by atoms with Gasteiger partial charge in [-0.1, -0.05) is 11.8 Å². The number of phenolic OH excluding ortho intramolecular Hbond substituents is 1.